The van der Waals surface area contributed by atoms with Crippen LogP contribution >= 0.6 is 12.2 Å². The molecule has 0 unspecified atom stereocenters. The lowest BCUT2D eigenvalue weighted by molar-refractivity contribution is 0.171. The van der Waals surface area contributed by atoms with Gasteiger partial charge < -0.3 is 4.74 Å². The molecule has 0 radical (unpaired) electrons. The Bertz CT molecular complexity index is 974. The molecular formula is C22H26N4OS. The van der Waals surface area contributed by atoms with E-state index in [1.165, 1.54) is 19.3 Å². The third kappa shape index (κ3) is 4.18. The summed E-state index contributed by atoms with van der Waals surface area (Å²) in [5.74, 6) is 1.69. The van der Waals surface area contributed by atoms with Crippen LogP contribution in [0.2, 0.25) is 0 Å². The van der Waals surface area contributed by atoms with Crippen molar-refractivity contribution < 1.29 is 4.74 Å². The fourth-order valence-corrected chi connectivity index (χ4v) is 3.94. The number of para-hydroxylation sites is 2. The number of nitrogens with zero attached hydrogens (tertiary/aromatic N) is 4. The molecule has 4 rings (SSSR count). The lowest BCUT2D eigenvalue weighted by atomic mass is 10.1. The topological polar surface area (TPSA) is 35.2 Å². The number of ether oxygens (including phenoxy) is 1. The average Bonchev–Trinajstić information content (AvgIpc) is 3.04. The molecule has 5 nitrogen and oxygen atoms in total. The van der Waals surface area contributed by atoms with Gasteiger partial charge in [0.1, 0.15) is 12.4 Å². The molecule has 1 aliphatic heterocycles. The molecule has 146 valence electrons. The van der Waals surface area contributed by atoms with E-state index in [1.807, 2.05) is 58.6 Å². The summed E-state index contributed by atoms with van der Waals surface area (Å²) >= 11 is 5.80. The zero-order valence-electron chi connectivity index (χ0n) is 16.3. The Kier molecular flexibility index (Phi) is 5.88. The van der Waals surface area contributed by atoms with Crippen molar-refractivity contribution in [1.29, 1.82) is 0 Å². The second kappa shape index (κ2) is 8.71. The van der Waals surface area contributed by atoms with Crippen LogP contribution in [0.5, 0.6) is 5.75 Å². The molecule has 1 aliphatic rings. The Morgan fingerprint density at radius 1 is 0.964 bits per heavy atom. The number of hydrogen-bond acceptors (Lipinski definition) is 4. The van der Waals surface area contributed by atoms with Gasteiger partial charge in [0.2, 0.25) is 4.77 Å². The summed E-state index contributed by atoms with van der Waals surface area (Å²) < 4.78 is 10.8. The molecule has 2 heterocycles. The van der Waals surface area contributed by atoms with Gasteiger partial charge in [-0.05, 0) is 68.8 Å². The van der Waals surface area contributed by atoms with Crippen molar-refractivity contribution in [2.24, 2.45) is 0 Å². The maximum absolute atomic E-state index is 6.09. The number of piperidine rings is 1. The maximum atomic E-state index is 6.09. The first kappa shape index (κ1) is 18.9. The van der Waals surface area contributed by atoms with E-state index in [9.17, 15) is 0 Å². The first-order valence-electron chi connectivity index (χ1n) is 9.87. The fourth-order valence-electron chi connectivity index (χ4n) is 3.63. The van der Waals surface area contributed by atoms with Gasteiger partial charge in [0, 0.05) is 5.69 Å². The molecule has 28 heavy (non-hydrogen) atoms. The van der Waals surface area contributed by atoms with Crippen molar-refractivity contribution >= 4 is 12.2 Å². The summed E-state index contributed by atoms with van der Waals surface area (Å²) in [6, 6.07) is 18.2. The third-order valence-electron chi connectivity index (χ3n) is 5.15. The van der Waals surface area contributed by atoms with Crippen LogP contribution in [-0.2, 0) is 13.3 Å². The highest BCUT2D eigenvalue weighted by Gasteiger charge is 2.17. The van der Waals surface area contributed by atoms with Crippen LogP contribution in [0.15, 0.2) is 54.6 Å². The largest absolute Gasteiger partial charge is 0.485 e. The Hall–Kier alpha value is -2.44. The zero-order valence-corrected chi connectivity index (χ0v) is 17.1. The number of rotatable bonds is 6. The molecule has 0 aliphatic carbocycles. The summed E-state index contributed by atoms with van der Waals surface area (Å²) in [5, 5.41) is 4.83. The van der Waals surface area contributed by atoms with E-state index in [2.05, 4.69) is 17.0 Å². The molecule has 1 aromatic heterocycles. The molecule has 1 saturated heterocycles. The quantitative estimate of drug-likeness (QED) is 0.566. The van der Waals surface area contributed by atoms with Gasteiger partial charge in [-0.15, -0.1) is 0 Å². The smallest absolute Gasteiger partial charge is 0.203 e. The molecule has 2 aromatic carbocycles. The Balaban J connectivity index is 1.64. The predicted molar refractivity (Wildman–Crippen MR) is 113 cm³/mol. The van der Waals surface area contributed by atoms with Crippen molar-refractivity contribution in [1.82, 2.24) is 19.2 Å². The SMILES string of the molecule is Cc1ccccc1OCc1nn(CN2CCCCC2)c(=S)n1-c1ccccc1. The summed E-state index contributed by atoms with van der Waals surface area (Å²) in [7, 11) is 0. The molecule has 1 fully saturated rings. The molecule has 3 aromatic rings. The van der Waals surface area contributed by atoms with Crippen LogP contribution in [0.25, 0.3) is 5.69 Å². The molecule has 0 amide bonds. The Morgan fingerprint density at radius 2 is 1.68 bits per heavy atom. The molecule has 0 atom stereocenters. The van der Waals surface area contributed by atoms with Crippen molar-refractivity contribution in [3.05, 3.63) is 70.8 Å². The van der Waals surface area contributed by atoms with Crippen LogP contribution in [-0.4, -0.2) is 32.3 Å². The van der Waals surface area contributed by atoms with Gasteiger partial charge in [-0.3, -0.25) is 9.47 Å². The number of aryl methyl sites for hydroxylation is 1. The predicted octanol–water partition coefficient (Wildman–Crippen LogP) is 4.73. The minimum Gasteiger partial charge on any atom is -0.485 e. The molecule has 0 N–H and O–H groups in total. The summed E-state index contributed by atoms with van der Waals surface area (Å²) in [6.07, 6.45) is 3.81. The fraction of sp³-hybridized carbons (Fsp3) is 0.364. The lowest BCUT2D eigenvalue weighted by Crippen LogP contribution is -2.32. The van der Waals surface area contributed by atoms with Crippen molar-refractivity contribution in [3.8, 4) is 11.4 Å². The minimum absolute atomic E-state index is 0.371. The van der Waals surface area contributed by atoms with Crippen LogP contribution in [0.3, 0.4) is 0 Å². The van der Waals surface area contributed by atoms with E-state index in [0.29, 0.717) is 11.4 Å². The van der Waals surface area contributed by atoms with Gasteiger partial charge in [0.25, 0.3) is 0 Å². The van der Waals surface area contributed by atoms with Crippen molar-refractivity contribution in [2.45, 2.75) is 39.5 Å². The molecule has 0 spiro atoms. The van der Waals surface area contributed by atoms with E-state index >= 15 is 0 Å². The van der Waals surface area contributed by atoms with Crippen LogP contribution < -0.4 is 4.74 Å². The minimum atomic E-state index is 0.371. The summed E-state index contributed by atoms with van der Waals surface area (Å²) in [4.78, 5) is 2.42. The lowest BCUT2D eigenvalue weighted by Gasteiger charge is -2.25. The van der Waals surface area contributed by atoms with Crippen LogP contribution in [0.1, 0.15) is 30.7 Å². The second-order valence-electron chi connectivity index (χ2n) is 7.24. The number of aromatic nitrogens is 3. The average molecular weight is 395 g/mol. The van der Waals surface area contributed by atoms with Crippen molar-refractivity contribution in [3.63, 3.8) is 0 Å². The van der Waals surface area contributed by atoms with E-state index in [4.69, 9.17) is 22.1 Å². The second-order valence-corrected chi connectivity index (χ2v) is 7.61. The molecule has 0 saturated carbocycles. The molecule has 0 bridgehead atoms. The normalized spacial score (nSPS) is 14.9. The van der Waals surface area contributed by atoms with Gasteiger partial charge in [-0.25, -0.2) is 4.68 Å². The van der Waals surface area contributed by atoms with Crippen LogP contribution in [0, 0.1) is 11.7 Å². The van der Waals surface area contributed by atoms with Gasteiger partial charge >= 0.3 is 0 Å². The monoisotopic (exact) mass is 394 g/mol. The van der Waals surface area contributed by atoms with Gasteiger partial charge in [-0.2, -0.15) is 5.10 Å². The van der Waals surface area contributed by atoms with Crippen molar-refractivity contribution in [2.75, 3.05) is 13.1 Å². The van der Waals surface area contributed by atoms with Gasteiger partial charge in [0.15, 0.2) is 5.82 Å². The number of likely N-dealkylation sites (tertiary alicyclic amines) is 1. The zero-order chi connectivity index (χ0) is 19.3. The molecule has 6 heteroatoms. The van der Waals surface area contributed by atoms with E-state index in [0.717, 1.165) is 42.6 Å². The Morgan fingerprint density at radius 3 is 2.43 bits per heavy atom. The summed E-state index contributed by atoms with van der Waals surface area (Å²) in [5.41, 5.74) is 2.13. The highest BCUT2D eigenvalue weighted by atomic mass is 32.1. The highest BCUT2D eigenvalue weighted by Crippen LogP contribution is 2.20. The maximum Gasteiger partial charge on any atom is 0.203 e. The standard InChI is InChI=1S/C22H26N4OS/c1-18-10-6-7-13-20(18)27-16-21-23-25(17-24-14-8-3-9-15-24)22(28)26(21)19-11-4-2-5-12-19/h2,4-7,10-13H,3,8-9,14-17H2,1H3. The number of hydrogen-bond donors (Lipinski definition) is 0. The first-order valence-corrected chi connectivity index (χ1v) is 10.3. The first-order chi connectivity index (χ1) is 13.7. The third-order valence-corrected chi connectivity index (χ3v) is 5.55. The van der Waals surface area contributed by atoms with Crippen LogP contribution in [0.4, 0.5) is 0 Å². The van der Waals surface area contributed by atoms with E-state index in [1.54, 1.807) is 0 Å². The summed E-state index contributed by atoms with van der Waals surface area (Å²) in [6.45, 7) is 5.37. The molecular weight excluding hydrogens is 368 g/mol. The van der Waals surface area contributed by atoms with E-state index < -0.39 is 0 Å². The van der Waals surface area contributed by atoms with E-state index in [-0.39, 0.29) is 0 Å². The number of benzene rings is 2. The Labute approximate surface area is 171 Å². The highest BCUT2D eigenvalue weighted by molar-refractivity contribution is 7.71. The van der Waals surface area contributed by atoms with Gasteiger partial charge in [-0.1, -0.05) is 42.8 Å². The van der Waals surface area contributed by atoms with Gasteiger partial charge in [0.05, 0.1) is 6.67 Å².